The highest BCUT2D eigenvalue weighted by Crippen LogP contribution is 2.38. The Labute approximate surface area is 108 Å². The number of benzene rings is 1. The largest absolute Gasteiger partial charge is 0.217 e. The first kappa shape index (κ1) is 9.73. The number of rotatable bonds is 0. The van der Waals surface area contributed by atoms with E-state index in [1.807, 2.05) is 4.52 Å². The summed E-state index contributed by atoms with van der Waals surface area (Å²) in [5, 5.41) is 4.35. The Bertz CT molecular complexity index is 762. The van der Waals surface area contributed by atoms with E-state index in [2.05, 4.69) is 26.0 Å². The predicted molar refractivity (Wildman–Crippen MR) is 66.8 cm³/mol. The molecule has 0 N–H and O–H groups in total. The monoisotopic (exact) mass is 309 g/mol. The van der Waals surface area contributed by atoms with Gasteiger partial charge >= 0.3 is 0 Å². The van der Waals surface area contributed by atoms with Crippen LogP contribution >= 0.6 is 27.3 Å². The number of halogens is 2. The van der Waals surface area contributed by atoms with Crippen molar-refractivity contribution >= 4 is 32.2 Å². The molecule has 1 aliphatic carbocycles. The lowest BCUT2D eigenvalue weighted by Crippen LogP contribution is -1.91. The maximum Gasteiger partial charge on any atom is 0.213 e. The maximum absolute atomic E-state index is 13.2. The van der Waals surface area contributed by atoms with Gasteiger partial charge in [-0.1, -0.05) is 11.3 Å². The van der Waals surface area contributed by atoms with Crippen LogP contribution in [0.3, 0.4) is 0 Å². The highest BCUT2D eigenvalue weighted by molar-refractivity contribution is 9.11. The molecular weight excluding hydrogens is 305 g/mol. The van der Waals surface area contributed by atoms with Crippen LogP contribution in [0.15, 0.2) is 22.1 Å². The van der Waals surface area contributed by atoms with Crippen LogP contribution in [0.2, 0.25) is 0 Å². The summed E-state index contributed by atoms with van der Waals surface area (Å²) in [6.45, 7) is 0. The zero-order chi connectivity index (χ0) is 11.6. The molecule has 3 nitrogen and oxygen atoms in total. The van der Waals surface area contributed by atoms with Gasteiger partial charge in [-0.2, -0.15) is 0 Å². The molecular formula is C11H5BrFN3S. The molecule has 0 unspecified atom stereocenters. The second-order valence-corrected chi connectivity index (χ2v) is 6.17. The first-order valence-corrected chi connectivity index (χ1v) is 6.66. The van der Waals surface area contributed by atoms with Gasteiger partial charge < -0.3 is 0 Å². The van der Waals surface area contributed by atoms with Crippen LogP contribution in [0, 0.1) is 5.82 Å². The third-order valence-corrected chi connectivity index (χ3v) is 4.29. The van der Waals surface area contributed by atoms with Crippen molar-refractivity contribution in [3.63, 3.8) is 0 Å². The molecule has 0 saturated carbocycles. The van der Waals surface area contributed by atoms with Gasteiger partial charge in [0.15, 0.2) is 3.92 Å². The molecule has 6 heteroatoms. The minimum Gasteiger partial charge on any atom is -0.217 e. The summed E-state index contributed by atoms with van der Waals surface area (Å²) in [5.41, 5.74) is 3.99. The summed E-state index contributed by atoms with van der Waals surface area (Å²) >= 11 is 4.84. The molecule has 0 radical (unpaired) electrons. The van der Waals surface area contributed by atoms with Crippen molar-refractivity contribution < 1.29 is 4.39 Å². The molecule has 0 aliphatic heterocycles. The fourth-order valence-corrected chi connectivity index (χ4v) is 3.50. The van der Waals surface area contributed by atoms with Crippen LogP contribution in [0.4, 0.5) is 4.39 Å². The van der Waals surface area contributed by atoms with E-state index in [1.54, 1.807) is 12.1 Å². The zero-order valence-corrected chi connectivity index (χ0v) is 10.8. The standard InChI is InChI=1S/C11H5BrFN3S/c12-10-15-16-8-4-5-3-6(13)1-2-7(5)9(8)14-11(16)17-10/h1-3H,4H2. The fraction of sp³-hybridized carbons (Fsp3) is 0.0909. The molecule has 0 bridgehead atoms. The van der Waals surface area contributed by atoms with Crippen LogP contribution in [0.5, 0.6) is 0 Å². The van der Waals surface area contributed by atoms with Crippen LogP contribution < -0.4 is 0 Å². The number of fused-ring (bicyclic) bond motifs is 5. The minimum atomic E-state index is -0.199. The second-order valence-electron chi connectivity index (χ2n) is 3.93. The molecule has 3 aromatic rings. The molecule has 84 valence electrons. The maximum atomic E-state index is 13.2. The van der Waals surface area contributed by atoms with Crippen molar-refractivity contribution in [1.29, 1.82) is 0 Å². The summed E-state index contributed by atoms with van der Waals surface area (Å²) in [6.07, 6.45) is 0.694. The molecule has 0 spiro atoms. The van der Waals surface area contributed by atoms with Gasteiger partial charge in [0.2, 0.25) is 4.96 Å². The van der Waals surface area contributed by atoms with E-state index < -0.39 is 0 Å². The molecule has 2 heterocycles. The van der Waals surface area contributed by atoms with Crippen molar-refractivity contribution in [2.24, 2.45) is 0 Å². The smallest absolute Gasteiger partial charge is 0.213 e. The molecule has 0 fully saturated rings. The highest BCUT2D eigenvalue weighted by Gasteiger charge is 2.26. The average molecular weight is 310 g/mol. The fourth-order valence-electron chi connectivity index (χ4n) is 2.26. The van der Waals surface area contributed by atoms with Gasteiger partial charge in [-0.3, -0.25) is 0 Å². The van der Waals surface area contributed by atoms with Gasteiger partial charge in [0.1, 0.15) is 5.82 Å². The Hall–Kier alpha value is -1.27. The number of imidazole rings is 1. The van der Waals surface area contributed by atoms with E-state index in [9.17, 15) is 4.39 Å². The normalized spacial score (nSPS) is 13.1. The molecule has 0 saturated heterocycles. The number of hydrogen-bond acceptors (Lipinski definition) is 3. The Morgan fingerprint density at radius 3 is 3.18 bits per heavy atom. The number of nitrogens with zero attached hydrogens (tertiary/aromatic N) is 3. The molecule has 17 heavy (non-hydrogen) atoms. The van der Waals surface area contributed by atoms with Gasteiger partial charge in [0.25, 0.3) is 0 Å². The van der Waals surface area contributed by atoms with E-state index in [0.29, 0.717) is 6.42 Å². The van der Waals surface area contributed by atoms with Gasteiger partial charge in [-0.15, -0.1) is 5.10 Å². The summed E-state index contributed by atoms with van der Waals surface area (Å²) in [6, 6.07) is 4.85. The van der Waals surface area contributed by atoms with E-state index in [0.717, 1.165) is 31.4 Å². The molecule has 0 amide bonds. The van der Waals surface area contributed by atoms with Crippen LogP contribution in [-0.2, 0) is 6.42 Å². The Morgan fingerprint density at radius 2 is 2.29 bits per heavy atom. The third kappa shape index (κ3) is 1.25. The summed E-state index contributed by atoms with van der Waals surface area (Å²) in [7, 11) is 0. The van der Waals surface area contributed by atoms with Crippen molar-refractivity contribution in [1.82, 2.24) is 14.6 Å². The molecule has 1 aliphatic rings. The molecule has 2 aromatic heterocycles. The Morgan fingerprint density at radius 1 is 1.41 bits per heavy atom. The van der Waals surface area contributed by atoms with Gasteiger partial charge in [0.05, 0.1) is 11.4 Å². The van der Waals surface area contributed by atoms with Crippen LogP contribution in [-0.4, -0.2) is 14.6 Å². The third-order valence-electron chi connectivity index (χ3n) is 2.95. The van der Waals surface area contributed by atoms with Gasteiger partial charge in [-0.25, -0.2) is 13.9 Å². The van der Waals surface area contributed by atoms with Crippen molar-refractivity contribution in [3.8, 4) is 11.3 Å². The number of hydrogen-bond donors (Lipinski definition) is 0. The van der Waals surface area contributed by atoms with E-state index in [4.69, 9.17) is 0 Å². The number of aromatic nitrogens is 3. The second kappa shape index (κ2) is 3.14. The average Bonchev–Trinajstić information content (AvgIpc) is 2.87. The molecule has 0 atom stereocenters. The topological polar surface area (TPSA) is 30.2 Å². The van der Waals surface area contributed by atoms with Crippen LogP contribution in [0.1, 0.15) is 11.3 Å². The lowest BCUT2D eigenvalue weighted by atomic mass is 10.1. The van der Waals surface area contributed by atoms with Gasteiger partial charge in [-0.05, 0) is 39.7 Å². The van der Waals surface area contributed by atoms with Crippen molar-refractivity contribution in [2.75, 3.05) is 0 Å². The quantitative estimate of drug-likeness (QED) is 0.499. The summed E-state index contributed by atoms with van der Waals surface area (Å²) in [5.74, 6) is -0.199. The first-order valence-electron chi connectivity index (χ1n) is 5.05. The molecule has 1 aromatic carbocycles. The Balaban J connectivity index is 2.04. The highest BCUT2D eigenvalue weighted by atomic mass is 79.9. The van der Waals surface area contributed by atoms with Crippen molar-refractivity contribution in [3.05, 3.63) is 39.2 Å². The minimum absolute atomic E-state index is 0.199. The van der Waals surface area contributed by atoms with Crippen LogP contribution in [0.25, 0.3) is 16.2 Å². The SMILES string of the molecule is Fc1ccc2c(c1)Cc1c-2nc2sc(Br)nn12. The first-order chi connectivity index (χ1) is 8.22. The van der Waals surface area contributed by atoms with Crippen molar-refractivity contribution in [2.45, 2.75) is 6.42 Å². The summed E-state index contributed by atoms with van der Waals surface area (Å²) in [4.78, 5) is 5.42. The zero-order valence-electron chi connectivity index (χ0n) is 8.44. The summed E-state index contributed by atoms with van der Waals surface area (Å²) < 4.78 is 15.8. The lowest BCUT2D eigenvalue weighted by molar-refractivity contribution is 0.626. The van der Waals surface area contributed by atoms with E-state index in [1.165, 1.54) is 17.4 Å². The molecule has 4 rings (SSSR count). The van der Waals surface area contributed by atoms with E-state index in [-0.39, 0.29) is 5.82 Å². The lowest BCUT2D eigenvalue weighted by Gasteiger charge is -1.97. The van der Waals surface area contributed by atoms with Gasteiger partial charge in [0, 0.05) is 12.0 Å². The Kier molecular flexibility index (Phi) is 1.80. The van der Waals surface area contributed by atoms with E-state index >= 15 is 0 Å². The predicted octanol–water partition coefficient (Wildman–Crippen LogP) is 3.26.